The molecule has 1 atom stereocenters. The van der Waals surface area contributed by atoms with Gasteiger partial charge in [-0.2, -0.15) is 0 Å². The zero-order valence-corrected chi connectivity index (χ0v) is 25.3. The van der Waals surface area contributed by atoms with Crippen molar-refractivity contribution < 1.29 is 18.0 Å². The summed E-state index contributed by atoms with van der Waals surface area (Å²) in [6, 6.07) is 19.9. The Morgan fingerprint density at radius 1 is 0.950 bits per heavy atom. The normalized spacial score (nSPS) is 12.2. The Bertz CT molecular complexity index is 1420. The highest BCUT2D eigenvalue weighted by molar-refractivity contribution is 7.92. The summed E-state index contributed by atoms with van der Waals surface area (Å²) in [5.41, 5.74) is 2.87. The zero-order valence-electron chi connectivity index (χ0n) is 23.7. The lowest BCUT2D eigenvalue weighted by atomic mass is 10.1. The number of carbonyl (C=O) groups is 2. The van der Waals surface area contributed by atoms with Gasteiger partial charge in [0.05, 0.1) is 10.6 Å². The molecule has 9 heteroatoms. The number of benzene rings is 3. The number of para-hydroxylation sites is 1. The maximum atomic E-state index is 14.0. The average Bonchev–Trinajstić information content (AvgIpc) is 2.93. The van der Waals surface area contributed by atoms with E-state index in [0.29, 0.717) is 23.7 Å². The molecule has 0 saturated carbocycles. The SMILES string of the molecule is CCc1ccccc1N(CC(=O)N(Cc1cccc(Cl)c1)[C@@H](C)C(=O)NCC(C)C)S(=O)(=O)c1ccc(C)cc1. The Labute approximate surface area is 243 Å². The second kappa shape index (κ2) is 13.8. The van der Waals surface area contributed by atoms with Crippen molar-refractivity contribution in [2.45, 2.75) is 58.5 Å². The molecule has 0 unspecified atom stereocenters. The maximum absolute atomic E-state index is 14.0. The Morgan fingerprint density at radius 2 is 1.62 bits per heavy atom. The number of rotatable bonds is 12. The first-order chi connectivity index (χ1) is 18.9. The Hall–Kier alpha value is -3.36. The smallest absolute Gasteiger partial charge is 0.264 e. The molecule has 1 N–H and O–H groups in total. The van der Waals surface area contributed by atoms with Gasteiger partial charge in [0, 0.05) is 18.1 Å². The number of aryl methyl sites for hydroxylation is 2. The molecule has 40 heavy (non-hydrogen) atoms. The van der Waals surface area contributed by atoms with Crippen LogP contribution in [0.5, 0.6) is 0 Å². The summed E-state index contributed by atoms with van der Waals surface area (Å²) in [5, 5.41) is 3.39. The first-order valence-electron chi connectivity index (χ1n) is 13.4. The number of sulfonamides is 1. The molecule has 214 valence electrons. The molecule has 0 spiro atoms. The predicted molar refractivity (Wildman–Crippen MR) is 161 cm³/mol. The highest BCUT2D eigenvalue weighted by Gasteiger charge is 2.33. The van der Waals surface area contributed by atoms with Crippen LogP contribution in [0.25, 0.3) is 0 Å². The highest BCUT2D eigenvalue weighted by Crippen LogP contribution is 2.28. The van der Waals surface area contributed by atoms with Gasteiger partial charge in [0.2, 0.25) is 11.8 Å². The summed E-state index contributed by atoms with van der Waals surface area (Å²) in [6.45, 7) is 9.50. The first-order valence-corrected chi connectivity index (χ1v) is 15.2. The molecule has 0 radical (unpaired) electrons. The number of amides is 2. The van der Waals surface area contributed by atoms with Gasteiger partial charge in [0.15, 0.2) is 0 Å². The predicted octanol–water partition coefficient (Wildman–Crippen LogP) is 5.60. The molecule has 0 fully saturated rings. The minimum Gasteiger partial charge on any atom is -0.354 e. The molecule has 3 rings (SSSR count). The number of nitrogens with zero attached hydrogens (tertiary/aromatic N) is 2. The molecule has 0 aliphatic carbocycles. The van der Waals surface area contributed by atoms with Crippen molar-refractivity contribution in [3.63, 3.8) is 0 Å². The summed E-state index contributed by atoms with van der Waals surface area (Å²) in [6.07, 6.45) is 0.574. The van der Waals surface area contributed by atoms with E-state index in [1.54, 1.807) is 61.5 Å². The van der Waals surface area contributed by atoms with Gasteiger partial charge < -0.3 is 10.2 Å². The van der Waals surface area contributed by atoms with Gasteiger partial charge in [-0.05, 0) is 67.6 Å². The van der Waals surface area contributed by atoms with E-state index in [9.17, 15) is 18.0 Å². The van der Waals surface area contributed by atoms with Gasteiger partial charge in [-0.25, -0.2) is 8.42 Å². The van der Waals surface area contributed by atoms with Crippen LogP contribution in [0.15, 0.2) is 77.7 Å². The van der Waals surface area contributed by atoms with Crippen molar-refractivity contribution in [2.24, 2.45) is 5.92 Å². The third-order valence-corrected chi connectivity index (χ3v) is 8.63. The molecular weight excluding hydrogens is 546 g/mol. The van der Waals surface area contributed by atoms with Gasteiger partial charge >= 0.3 is 0 Å². The summed E-state index contributed by atoms with van der Waals surface area (Å²) >= 11 is 6.20. The summed E-state index contributed by atoms with van der Waals surface area (Å²) in [5.74, 6) is -0.589. The topological polar surface area (TPSA) is 86.8 Å². The van der Waals surface area contributed by atoms with E-state index < -0.39 is 28.5 Å². The van der Waals surface area contributed by atoms with Crippen molar-refractivity contribution in [3.8, 4) is 0 Å². The molecule has 7 nitrogen and oxygen atoms in total. The largest absolute Gasteiger partial charge is 0.354 e. The van der Waals surface area contributed by atoms with Crippen LogP contribution in [0.3, 0.4) is 0 Å². The third-order valence-electron chi connectivity index (χ3n) is 6.62. The average molecular weight is 584 g/mol. The van der Waals surface area contributed by atoms with E-state index in [1.807, 2.05) is 45.9 Å². The quantitative estimate of drug-likeness (QED) is 0.301. The summed E-state index contributed by atoms with van der Waals surface area (Å²) in [4.78, 5) is 28.6. The van der Waals surface area contributed by atoms with Crippen molar-refractivity contribution >= 4 is 39.1 Å². The van der Waals surface area contributed by atoms with Gasteiger partial charge in [-0.1, -0.05) is 80.4 Å². The van der Waals surface area contributed by atoms with Crippen LogP contribution in [0, 0.1) is 12.8 Å². The molecule has 0 saturated heterocycles. The number of halogens is 1. The van der Waals surface area contributed by atoms with Crippen LogP contribution < -0.4 is 9.62 Å². The van der Waals surface area contributed by atoms with Crippen molar-refractivity contribution in [1.29, 1.82) is 0 Å². The lowest BCUT2D eigenvalue weighted by Crippen LogP contribution is -2.51. The number of hydrogen-bond acceptors (Lipinski definition) is 4. The third kappa shape index (κ3) is 7.86. The lowest BCUT2D eigenvalue weighted by molar-refractivity contribution is -0.139. The lowest BCUT2D eigenvalue weighted by Gasteiger charge is -2.32. The van der Waals surface area contributed by atoms with Gasteiger partial charge in [-0.3, -0.25) is 13.9 Å². The van der Waals surface area contributed by atoms with Crippen LogP contribution in [0.1, 0.15) is 44.4 Å². The minimum atomic E-state index is -4.11. The van der Waals surface area contributed by atoms with E-state index in [2.05, 4.69) is 5.32 Å². The van der Waals surface area contributed by atoms with Crippen LogP contribution in [-0.2, 0) is 32.6 Å². The van der Waals surface area contributed by atoms with E-state index in [0.717, 1.165) is 21.0 Å². The minimum absolute atomic E-state index is 0.0842. The fourth-order valence-corrected chi connectivity index (χ4v) is 5.94. The van der Waals surface area contributed by atoms with Crippen LogP contribution >= 0.6 is 11.6 Å². The molecule has 2 amide bonds. The Balaban J connectivity index is 2.05. The fraction of sp³-hybridized carbons (Fsp3) is 0.355. The van der Waals surface area contributed by atoms with E-state index in [-0.39, 0.29) is 23.3 Å². The van der Waals surface area contributed by atoms with E-state index >= 15 is 0 Å². The number of nitrogens with one attached hydrogen (secondary N) is 1. The maximum Gasteiger partial charge on any atom is 0.264 e. The highest BCUT2D eigenvalue weighted by atomic mass is 35.5. The van der Waals surface area contributed by atoms with Crippen LogP contribution in [0.2, 0.25) is 5.02 Å². The van der Waals surface area contributed by atoms with Gasteiger partial charge in [0.1, 0.15) is 12.6 Å². The van der Waals surface area contributed by atoms with Crippen molar-refractivity contribution in [3.05, 3.63) is 94.5 Å². The first kappa shape index (κ1) is 31.2. The molecule has 3 aromatic carbocycles. The molecule has 0 aliphatic heterocycles. The van der Waals surface area contributed by atoms with Crippen LogP contribution in [-0.4, -0.2) is 44.3 Å². The molecule has 0 aliphatic rings. The molecule has 0 aromatic heterocycles. The van der Waals surface area contributed by atoms with Gasteiger partial charge in [0.25, 0.3) is 10.0 Å². The molecule has 0 heterocycles. The number of anilines is 1. The Kier molecular flexibility index (Phi) is 10.8. The second-order valence-electron chi connectivity index (χ2n) is 10.3. The number of hydrogen-bond donors (Lipinski definition) is 1. The standard InChI is InChI=1S/C31H38ClN3O4S/c1-6-26-11-7-8-13-29(26)35(40(38,39)28-16-14-23(4)15-17-28)21-30(36)34(20-25-10-9-12-27(32)18-25)24(5)31(37)33-19-22(2)3/h7-18,22,24H,6,19-21H2,1-5H3,(H,33,37)/t24-/m0/s1. The zero-order chi connectivity index (χ0) is 29.4. The summed E-state index contributed by atoms with van der Waals surface area (Å²) in [7, 11) is -4.11. The molecular formula is C31H38ClN3O4S. The van der Waals surface area contributed by atoms with Crippen molar-refractivity contribution in [1.82, 2.24) is 10.2 Å². The fourth-order valence-electron chi connectivity index (χ4n) is 4.27. The second-order valence-corrected chi connectivity index (χ2v) is 12.6. The summed E-state index contributed by atoms with van der Waals surface area (Å²) < 4.78 is 29.2. The van der Waals surface area contributed by atoms with Crippen LogP contribution in [0.4, 0.5) is 5.69 Å². The van der Waals surface area contributed by atoms with E-state index in [1.165, 1.54) is 4.90 Å². The monoisotopic (exact) mass is 583 g/mol. The van der Waals surface area contributed by atoms with Crippen molar-refractivity contribution in [2.75, 3.05) is 17.4 Å². The number of carbonyl (C=O) groups excluding carboxylic acids is 2. The molecule has 3 aromatic rings. The molecule has 0 bridgehead atoms. The Morgan fingerprint density at radius 3 is 2.25 bits per heavy atom. The van der Waals surface area contributed by atoms with Gasteiger partial charge in [-0.15, -0.1) is 0 Å². The van der Waals surface area contributed by atoms with E-state index in [4.69, 9.17) is 11.6 Å².